The van der Waals surface area contributed by atoms with Gasteiger partial charge >= 0.3 is 0 Å². The molecule has 19 heavy (non-hydrogen) atoms. The summed E-state index contributed by atoms with van der Waals surface area (Å²) in [5.41, 5.74) is 7.20. The molecule has 1 atom stereocenters. The highest BCUT2D eigenvalue weighted by Crippen LogP contribution is 2.31. The number of guanidine groups is 1. The lowest BCUT2D eigenvalue weighted by Crippen LogP contribution is -2.46. The highest BCUT2D eigenvalue weighted by atomic mass is 79.9. The molecule has 1 aromatic rings. The van der Waals surface area contributed by atoms with Crippen LogP contribution < -0.4 is 10.6 Å². The molecular weight excluding hydrogens is 306 g/mol. The summed E-state index contributed by atoms with van der Waals surface area (Å²) in [6, 6.07) is 8.62. The Morgan fingerprint density at radius 3 is 2.84 bits per heavy atom. The van der Waals surface area contributed by atoms with Gasteiger partial charge in [0.05, 0.1) is 12.6 Å². The third kappa shape index (κ3) is 2.62. The molecule has 2 heterocycles. The van der Waals surface area contributed by atoms with E-state index in [0.29, 0.717) is 17.9 Å². The third-order valence-electron chi connectivity index (χ3n) is 3.92. The Kier molecular flexibility index (Phi) is 3.75. The molecule has 0 amide bonds. The monoisotopic (exact) mass is 323 g/mol. The Morgan fingerprint density at radius 2 is 2.11 bits per heavy atom. The first-order chi connectivity index (χ1) is 9.25. The van der Waals surface area contributed by atoms with Crippen LogP contribution in [0.1, 0.15) is 12.8 Å². The van der Waals surface area contributed by atoms with Gasteiger partial charge in [0.25, 0.3) is 0 Å². The third-order valence-corrected chi connectivity index (χ3v) is 4.41. The van der Waals surface area contributed by atoms with E-state index in [-0.39, 0.29) is 0 Å². The number of hydrogen-bond donors (Lipinski definition) is 1. The molecule has 4 nitrogen and oxygen atoms in total. The summed E-state index contributed by atoms with van der Waals surface area (Å²) < 4.78 is 6.52. The second kappa shape index (κ2) is 5.51. The topological polar surface area (TPSA) is 50.9 Å². The molecule has 0 aliphatic carbocycles. The van der Waals surface area contributed by atoms with Crippen molar-refractivity contribution >= 4 is 27.6 Å². The average molecular weight is 324 g/mol. The van der Waals surface area contributed by atoms with Gasteiger partial charge in [-0.3, -0.25) is 4.99 Å². The van der Waals surface area contributed by atoms with E-state index in [9.17, 15) is 0 Å². The second-order valence-electron chi connectivity index (χ2n) is 5.07. The molecule has 2 aliphatic heterocycles. The first-order valence-corrected chi connectivity index (χ1v) is 7.47. The molecule has 102 valence electrons. The first kappa shape index (κ1) is 12.9. The van der Waals surface area contributed by atoms with Crippen molar-refractivity contribution in [3.05, 3.63) is 28.7 Å². The van der Waals surface area contributed by atoms with Gasteiger partial charge < -0.3 is 15.4 Å². The molecule has 3 rings (SSSR count). The molecule has 0 radical (unpaired) electrons. The van der Waals surface area contributed by atoms with E-state index in [1.165, 1.54) is 0 Å². The van der Waals surface area contributed by atoms with Gasteiger partial charge in [-0.1, -0.05) is 22.0 Å². The van der Waals surface area contributed by atoms with E-state index in [4.69, 9.17) is 10.5 Å². The van der Waals surface area contributed by atoms with Crippen LogP contribution in [0.5, 0.6) is 0 Å². The number of anilines is 1. The van der Waals surface area contributed by atoms with Gasteiger partial charge in [-0.25, -0.2) is 0 Å². The number of benzene rings is 1. The van der Waals surface area contributed by atoms with Crippen molar-refractivity contribution in [2.75, 3.05) is 24.7 Å². The molecule has 1 saturated heterocycles. The van der Waals surface area contributed by atoms with Gasteiger partial charge in [-0.15, -0.1) is 0 Å². The van der Waals surface area contributed by atoms with Crippen molar-refractivity contribution in [3.8, 4) is 0 Å². The second-order valence-corrected chi connectivity index (χ2v) is 5.98. The summed E-state index contributed by atoms with van der Waals surface area (Å²) in [5.74, 6) is 1.24. The number of hydrogen-bond acceptors (Lipinski definition) is 4. The van der Waals surface area contributed by atoms with Crippen molar-refractivity contribution < 1.29 is 4.74 Å². The van der Waals surface area contributed by atoms with Crippen LogP contribution in [0.3, 0.4) is 0 Å². The lowest BCUT2D eigenvalue weighted by atomic mass is 9.91. The Bertz CT molecular complexity index is 485. The highest BCUT2D eigenvalue weighted by molar-refractivity contribution is 9.10. The van der Waals surface area contributed by atoms with Crippen molar-refractivity contribution in [1.29, 1.82) is 0 Å². The van der Waals surface area contributed by atoms with E-state index >= 15 is 0 Å². The minimum Gasteiger partial charge on any atom is -0.381 e. The molecule has 0 saturated carbocycles. The van der Waals surface area contributed by atoms with Gasteiger partial charge in [0.2, 0.25) is 0 Å². The van der Waals surface area contributed by atoms with Crippen molar-refractivity contribution in [2.45, 2.75) is 18.9 Å². The van der Waals surface area contributed by atoms with Crippen molar-refractivity contribution in [3.63, 3.8) is 0 Å². The quantitative estimate of drug-likeness (QED) is 0.909. The normalized spacial score (nSPS) is 24.6. The van der Waals surface area contributed by atoms with Crippen LogP contribution >= 0.6 is 15.9 Å². The van der Waals surface area contributed by atoms with E-state index in [1.54, 1.807) is 0 Å². The number of halogens is 1. The smallest absolute Gasteiger partial charge is 0.196 e. The molecule has 0 bridgehead atoms. The zero-order valence-electron chi connectivity index (χ0n) is 10.8. The predicted molar refractivity (Wildman–Crippen MR) is 80.4 cm³/mol. The van der Waals surface area contributed by atoms with Crippen molar-refractivity contribution in [1.82, 2.24) is 0 Å². The van der Waals surface area contributed by atoms with Crippen LogP contribution in [0.2, 0.25) is 0 Å². The molecule has 0 aromatic heterocycles. The van der Waals surface area contributed by atoms with Crippen LogP contribution in [0, 0.1) is 5.92 Å². The summed E-state index contributed by atoms with van der Waals surface area (Å²) in [7, 11) is 0. The van der Waals surface area contributed by atoms with Gasteiger partial charge in [0, 0.05) is 23.4 Å². The maximum Gasteiger partial charge on any atom is 0.196 e. The lowest BCUT2D eigenvalue weighted by Gasteiger charge is -2.34. The maximum atomic E-state index is 6.09. The van der Waals surface area contributed by atoms with Gasteiger partial charge in [-0.05, 0) is 37.0 Å². The Labute approximate surface area is 121 Å². The molecule has 0 spiro atoms. The lowest BCUT2D eigenvalue weighted by molar-refractivity contribution is 0.0603. The number of rotatable bonds is 2. The summed E-state index contributed by atoms with van der Waals surface area (Å²) in [6.45, 7) is 2.50. The molecular formula is C14H18BrN3O. The Hall–Kier alpha value is -1.07. The number of nitrogens with zero attached hydrogens (tertiary/aromatic N) is 2. The van der Waals surface area contributed by atoms with E-state index < -0.39 is 0 Å². The zero-order valence-corrected chi connectivity index (χ0v) is 12.3. The van der Waals surface area contributed by atoms with Crippen LogP contribution in [0.15, 0.2) is 33.7 Å². The highest BCUT2D eigenvalue weighted by Gasteiger charge is 2.34. The van der Waals surface area contributed by atoms with E-state index in [2.05, 4.69) is 38.0 Å². The number of ether oxygens (including phenoxy) is 1. The molecule has 1 aromatic carbocycles. The number of aliphatic imine (C=N–C) groups is 1. The average Bonchev–Trinajstić information content (AvgIpc) is 2.82. The largest absolute Gasteiger partial charge is 0.381 e. The molecule has 1 fully saturated rings. The minimum atomic E-state index is 0.373. The number of nitrogens with two attached hydrogens (primary N) is 1. The van der Waals surface area contributed by atoms with Crippen LogP contribution in [0.4, 0.5) is 5.69 Å². The van der Waals surface area contributed by atoms with Crippen molar-refractivity contribution in [2.24, 2.45) is 16.6 Å². The molecule has 5 heteroatoms. The first-order valence-electron chi connectivity index (χ1n) is 6.68. The fraction of sp³-hybridized carbons (Fsp3) is 0.500. The van der Waals surface area contributed by atoms with Crippen LogP contribution in [0.25, 0.3) is 0 Å². The summed E-state index contributed by atoms with van der Waals surface area (Å²) in [5, 5.41) is 0. The standard InChI is InChI=1S/C14H18BrN3O/c15-11-2-1-3-12(8-11)18-13(9-17-14(18)16)10-4-6-19-7-5-10/h1-3,8,10,13H,4-7,9H2,(H2,16,17). The molecule has 1 unspecified atom stereocenters. The molecule has 2 aliphatic rings. The fourth-order valence-electron chi connectivity index (χ4n) is 2.92. The zero-order chi connectivity index (χ0) is 13.2. The predicted octanol–water partition coefficient (Wildman–Crippen LogP) is 2.38. The fourth-order valence-corrected chi connectivity index (χ4v) is 3.31. The van der Waals surface area contributed by atoms with E-state index in [1.807, 2.05) is 12.1 Å². The maximum absolute atomic E-state index is 6.09. The SMILES string of the molecule is NC1=NCC(C2CCOCC2)N1c1cccc(Br)c1. The van der Waals surface area contributed by atoms with Gasteiger partial charge in [0.15, 0.2) is 5.96 Å². The minimum absolute atomic E-state index is 0.373. The van der Waals surface area contributed by atoms with Crippen LogP contribution in [-0.2, 0) is 4.74 Å². The Morgan fingerprint density at radius 1 is 1.32 bits per heavy atom. The summed E-state index contributed by atoms with van der Waals surface area (Å²) >= 11 is 3.52. The Balaban J connectivity index is 1.85. The summed E-state index contributed by atoms with van der Waals surface area (Å²) in [6.07, 6.45) is 2.19. The van der Waals surface area contributed by atoms with Gasteiger partial charge in [0.1, 0.15) is 0 Å². The summed E-state index contributed by atoms with van der Waals surface area (Å²) in [4.78, 5) is 6.63. The van der Waals surface area contributed by atoms with Gasteiger partial charge in [-0.2, -0.15) is 0 Å². The van der Waals surface area contributed by atoms with E-state index in [0.717, 1.165) is 42.8 Å². The molecule has 2 N–H and O–H groups in total. The van der Waals surface area contributed by atoms with Crippen LogP contribution in [-0.4, -0.2) is 31.8 Å².